The molecule has 1 aromatic carbocycles. The van der Waals surface area contributed by atoms with E-state index in [0.717, 1.165) is 30.9 Å². The number of nitrogens with one attached hydrogen (secondary N) is 2. The number of benzene rings is 1. The lowest BCUT2D eigenvalue weighted by Crippen LogP contribution is -2.35. The highest BCUT2D eigenvalue weighted by Crippen LogP contribution is 2.26. The van der Waals surface area contributed by atoms with Gasteiger partial charge in [-0.25, -0.2) is 0 Å². The van der Waals surface area contributed by atoms with Crippen LogP contribution in [0.15, 0.2) is 24.3 Å². The molecule has 1 aliphatic rings. The molecule has 1 aliphatic heterocycles. The fraction of sp³-hybridized carbons (Fsp3) is 0.462. The third-order valence-corrected chi connectivity index (χ3v) is 3.26. The fourth-order valence-corrected chi connectivity index (χ4v) is 1.97. The SMILES string of the molecule is COc1ccc(NC(=O)C2(C)CCNC2)cc1. The number of carbonyl (C=O) groups excluding carboxylic acids is 1. The van der Waals surface area contributed by atoms with Crippen LogP contribution in [0, 0.1) is 5.41 Å². The minimum atomic E-state index is -0.292. The van der Waals surface area contributed by atoms with Crippen LogP contribution in [0.1, 0.15) is 13.3 Å². The van der Waals surface area contributed by atoms with Crippen molar-refractivity contribution in [1.29, 1.82) is 0 Å². The lowest BCUT2D eigenvalue weighted by Gasteiger charge is -2.21. The van der Waals surface area contributed by atoms with Crippen molar-refractivity contribution in [2.75, 3.05) is 25.5 Å². The van der Waals surface area contributed by atoms with Gasteiger partial charge in [0.15, 0.2) is 0 Å². The Balaban J connectivity index is 2.02. The highest BCUT2D eigenvalue weighted by Gasteiger charge is 2.36. The highest BCUT2D eigenvalue weighted by molar-refractivity contribution is 5.95. The Morgan fingerprint density at radius 3 is 2.65 bits per heavy atom. The molecule has 17 heavy (non-hydrogen) atoms. The molecule has 2 rings (SSSR count). The van der Waals surface area contributed by atoms with Gasteiger partial charge in [0.2, 0.25) is 5.91 Å². The molecule has 2 N–H and O–H groups in total. The molecule has 1 fully saturated rings. The smallest absolute Gasteiger partial charge is 0.231 e. The van der Waals surface area contributed by atoms with Gasteiger partial charge in [0, 0.05) is 12.2 Å². The van der Waals surface area contributed by atoms with Crippen molar-refractivity contribution in [3.8, 4) is 5.75 Å². The van der Waals surface area contributed by atoms with Crippen molar-refractivity contribution in [2.45, 2.75) is 13.3 Å². The minimum Gasteiger partial charge on any atom is -0.497 e. The van der Waals surface area contributed by atoms with Gasteiger partial charge < -0.3 is 15.4 Å². The van der Waals surface area contributed by atoms with E-state index in [9.17, 15) is 4.79 Å². The predicted molar refractivity (Wildman–Crippen MR) is 67.2 cm³/mol. The molecular formula is C13H18N2O2. The summed E-state index contributed by atoms with van der Waals surface area (Å²) >= 11 is 0. The Morgan fingerprint density at radius 2 is 2.12 bits per heavy atom. The summed E-state index contributed by atoms with van der Waals surface area (Å²) in [7, 11) is 1.62. The first-order valence-electron chi connectivity index (χ1n) is 5.80. The van der Waals surface area contributed by atoms with Crippen LogP contribution in [-0.2, 0) is 4.79 Å². The maximum Gasteiger partial charge on any atom is 0.231 e. The van der Waals surface area contributed by atoms with Crippen LogP contribution in [-0.4, -0.2) is 26.1 Å². The van der Waals surface area contributed by atoms with E-state index in [4.69, 9.17) is 4.74 Å². The van der Waals surface area contributed by atoms with E-state index in [-0.39, 0.29) is 11.3 Å². The first-order chi connectivity index (χ1) is 8.14. The van der Waals surface area contributed by atoms with Gasteiger partial charge in [-0.2, -0.15) is 0 Å². The Bertz CT molecular complexity index is 394. The second-order valence-corrected chi connectivity index (χ2v) is 4.67. The topological polar surface area (TPSA) is 50.4 Å². The number of anilines is 1. The van der Waals surface area contributed by atoms with Gasteiger partial charge in [-0.15, -0.1) is 0 Å². The molecule has 1 aromatic rings. The second kappa shape index (κ2) is 4.75. The third-order valence-electron chi connectivity index (χ3n) is 3.26. The molecule has 0 spiro atoms. The van der Waals surface area contributed by atoms with E-state index < -0.39 is 0 Å². The first-order valence-corrected chi connectivity index (χ1v) is 5.80. The molecule has 0 aliphatic carbocycles. The Kier molecular flexibility index (Phi) is 3.33. The molecule has 0 bridgehead atoms. The van der Waals surface area contributed by atoms with Crippen molar-refractivity contribution in [3.63, 3.8) is 0 Å². The van der Waals surface area contributed by atoms with Crippen LogP contribution < -0.4 is 15.4 Å². The highest BCUT2D eigenvalue weighted by atomic mass is 16.5. The van der Waals surface area contributed by atoms with Crippen molar-refractivity contribution < 1.29 is 9.53 Å². The average molecular weight is 234 g/mol. The molecule has 0 radical (unpaired) electrons. The van der Waals surface area contributed by atoms with Gasteiger partial charge in [0.05, 0.1) is 12.5 Å². The van der Waals surface area contributed by atoms with Crippen LogP contribution >= 0.6 is 0 Å². The second-order valence-electron chi connectivity index (χ2n) is 4.67. The molecule has 0 saturated carbocycles. The monoisotopic (exact) mass is 234 g/mol. The van der Waals surface area contributed by atoms with Gasteiger partial charge in [0.25, 0.3) is 0 Å². The summed E-state index contributed by atoms with van der Waals surface area (Å²) in [5.74, 6) is 0.865. The normalized spacial score (nSPS) is 23.4. The predicted octanol–water partition coefficient (Wildman–Crippen LogP) is 1.63. The zero-order valence-corrected chi connectivity index (χ0v) is 10.2. The molecular weight excluding hydrogens is 216 g/mol. The standard InChI is InChI=1S/C13H18N2O2/c1-13(7-8-14-9-13)12(16)15-10-3-5-11(17-2)6-4-10/h3-6,14H,7-9H2,1-2H3,(H,15,16). The van der Waals surface area contributed by atoms with Crippen LogP contribution in [0.25, 0.3) is 0 Å². The summed E-state index contributed by atoms with van der Waals surface area (Å²) in [6.45, 7) is 3.65. The number of hydrogen-bond donors (Lipinski definition) is 2. The zero-order valence-electron chi connectivity index (χ0n) is 10.2. The summed E-state index contributed by atoms with van der Waals surface area (Å²) in [4.78, 5) is 12.1. The minimum absolute atomic E-state index is 0.0765. The zero-order chi connectivity index (χ0) is 12.3. The Hall–Kier alpha value is -1.55. The summed E-state index contributed by atoms with van der Waals surface area (Å²) < 4.78 is 5.07. The molecule has 4 heteroatoms. The number of rotatable bonds is 3. The van der Waals surface area contributed by atoms with Gasteiger partial charge >= 0.3 is 0 Å². The van der Waals surface area contributed by atoms with E-state index >= 15 is 0 Å². The van der Waals surface area contributed by atoms with Gasteiger partial charge in [-0.05, 0) is 44.2 Å². The van der Waals surface area contributed by atoms with E-state index in [2.05, 4.69) is 10.6 Å². The van der Waals surface area contributed by atoms with Gasteiger partial charge in [-0.3, -0.25) is 4.79 Å². The lowest BCUT2D eigenvalue weighted by molar-refractivity contribution is -0.123. The van der Waals surface area contributed by atoms with Crippen LogP contribution in [0.2, 0.25) is 0 Å². The summed E-state index contributed by atoms with van der Waals surface area (Å²) in [5.41, 5.74) is 0.517. The fourth-order valence-electron chi connectivity index (χ4n) is 1.97. The first kappa shape index (κ1) is 11.9. The molecule has 4 nitrogen and oxygen atoms in total. The number of methoxy groups -OCH3 is 1. The van der Waals surface area contributed by atoms with Crippen molar-refractivity contribution >= 4 is 11.6 Å². The van der Waals surface area contributed by atoms with Crippen LogP contribution in [0.5, 0.6) is 5.75 Å². The van der Waals surface area contributed by atoms with Crippen LogP contribution in [0.4, 0.5) is 5.69 Å². The molecule has 1 unspecified atom stereocenters. The van der Waals surface area contributed by atoms with Gasteiger partial charge in [0.1, 0.15) is 5.75 Å². The molecule has 1 amide bonds. The summed E-state index contributed by atoms with van der Waals surface area (Å²) in [6.07, 6.45) is 0.884. The van der Waals surface area contributed by atoms with E-state index in [0.29, 0.717) is 0 Å². The third kappa shape index (κ3) is 2.58. The molecule has 0 aromatic heterocycles. The number of amides is 1. The molecule has 92 valence electrons. The van der Waals surface area contributed by atoms with E-state index in [1.165, 1.54) is 0 Å². The number of carbonyl (C=O) groups is 1. The quantitative estimate of drug-likeness (QED) is 0.835. The summed E-state index contributed by atoms with van der Waals surface area (Å²) in [6, 6.07) is 7.38. The number of hydrogen-bond acceptors (Lipinski definition) is 3. The Morgan fingerprint density at radius 1 is 1.41 bits per heavy atom. The molecule has 1 atom stereocenters. The lowest BCUT2D eigenvalue weighted by atomic mass is 9.89. The summed E-state index contributed by atoms with van der Waals surface area (Å²) in [5, 5.41) is 6.16. The maximum atomic E-state index is 12.1. The number of ether oxygens (including phenoxy) is 1. The van der Waals surface area contributed by atoms with Crippen LogP contribution in [0.3, 0.4) is 0 Å². The van der Waals surface area contributed by atoms with E-state index in [1.807, 2.05) is 31.2 Å². The van der Waals surface area contributed by atoms with E-state index in [1.54, 1.807) is 7.11 Å². The van der Waals surface area contributed by atoms with Crippen molar-refractivity contribution in [1.82, 2.24) is 5.32 Å². The average Bonchev–Trinajstić information content (AvgIpc) is 2.78. The largest absolute Gasteiger partial charge is 0.497 e. The van der Waals surface area contributed by atoms with Crippen molar-refractivity contribution in [3.05, 3.63) is 24.3 Å². The maximum absolute atomic E-state index is 12.1. The van der Waals surface area contributed by atoms with Gasteiger partial charge in [-0.1, -0.05) is 0 Å². The molecule has 1 heterocycles. The Labute approximate surface area is 101 Å². The van der Waals surface area contributed by atoms with Crippen molar-refractivity contribution in [2.24, 2.45) is 5.41 Å². The molecule has 1 saturated heterocycles.